The summed E-state index contributed by atoms with van der Waals surface area (Å²) >= 11 is 0. The average Bonchev–Trinajstić information content (AvgIpc) is 3.05. The highest BCUT2D eigenvalue weighted by molar-refractivity contribution is 5.08. The van der Waals surface area contributed by atoms with Crippen LogP contribution in [0.5, 0.6) is 0 Å². The number of hydrogen-bond donors (Lipinski definition) is 1. The SMILES string of the molecule is CCCCCC(/C=C/C1(O)CCCC1)n1cccc1. The third kappa shape index (κ3) is 4.24. The standard InChI is InChI=1S/C17H27NO/c1-2-3-4-9-16(18-14-7-8-15-18)10-13-17(19)11-5-6-12-17/h7-8,10,13-16,19H,2-6,9,11-12H2,1H3/b13-10+. The van der Waals surface area contributed by atoms with Gasteiger partial charge < -0.3 is 9.67 Å². The van der Waals surface area contributed by atoms with Crippen LogP contribution in [0, 0.1) is 0 Å². The van der Waals surface area contributed by atoms with Crippen LogP contribution in [-0.4, -0.2) is 15.3 Å². The van der Waals surface area contributed by atoms with E-state index in [2.05, 4.69) is 48.2 Å². The van der Waals surface area contributed by atoms with Crippen molar-refractivity contribution in [3.8, 4) is 0 Å². The summed E-state index contributed by atoms with van der Waals surface area (Å²) < 4.78 is 2.25. The van der Waals surface area contributed by atoms with E-state index in [9.17, 15) is 5.11 Å². The first-order chi connectivity index (χ1) is 9.23. The zero-order valence-electron chi connectivity index (χ0n) is 12.1. The number of hydrogen-bond acceptors (Lipinski definition) is 1. The Morgan fingerprint density at radius 2 is 1.89 bits per heavy atom. The molecule has 0 aromatic carbocycles. The minimum atomic E-state index is -0.532. The molecule has 2 nitrogen and oxygen atoms in total. The molecule has 106 valence electrons. The van der Waals surface area contributed by atoms with Crippen molar-refractivity contribution in [3.05, 3.63) is 36.7 Å². The first kappa shape index (κ1) is 14.4. The molecular formula is C17H27NO. The van der Waals surface area contributed by atoms with E-state index in [0.717, 1.165) is 32.1 Å². The van der Waals surface area contributed by atoms with Gasteiger partial charge in [-0.05, 0) is 31.4 Å². The molecule has 19 heavy (non-hydrogen) atoms. The van der Waals surface area contributed by atoms with Crippen LogP contribution in [0.15, 0.2) is 36.7 Å². The van der Waals surface area contributed by atoms with Crippen molar-refractivity contribution in [2.45, 2.75) is 69.9 Å². The minimum Gasteiger partial charge on any atom is -0.386 e. The highest BCUT2D eigenvalue weighted by Gasteiger charge is 2.28. The first-order valence-electron chi connectivity index (χ1n) is 7.78. The van der Waals surface area contributed by atoms with Gasteiger partial charge in [-0.25, -0.2) is 0 Å². The maximum Gasteiger partial charge on any atom is 0.0828 e. The molecule has 1 aromatic rings. The molecule has 1 atom stereocenters. The Bertz CT molecular complexity index is 374. The van der Waals surface area contributed by atoms with E-state index in [1.165, 1.54) is 19.3 Å². The molecule has 0 bridgehead atoms. The van der Waals surface area contributed by atoms with Gasteiger partial charge in [-0.1, -0.05) is 51.2 Å². The summed E-state index contributed by atoms with van der Waals surface area (Å²) in [6.07, 6.45) is 17.7. The predicted octanol–water partition coefficient (Wildman–Crippen LogP) is 4.47. The van der Waals surface area contributed by atoms with Gasteiger partial charge in [0.2, 0.25) is 0 Å². The van der Waals surface area contributed by atoms with Crippen LogP contribution in [0.3, 0.4) is 0 Å². The summed E-state index contributed by atoms with van der Waals surface area (Å²) in [5.74, 6) is 0. The fraction of sp³-hybridized carbons (Fsp3) is 0.647. The van der Waals surface area contributed by atoms with Crippen molar-refractivity contribution in [3.63, 3.8) is 0 Å². The second-order valence-electron chi connectivity index (χ2n) is 5.86. The third-order valence-corrected chi connectivity index (χ3v) is 4.21. The quantitative estimate of drug-likeness (QED) is 0.568. The lowest BCUT2D eigenvalue weighted by Crippen LogP contribution is -2.20. The topological polar surface area (TPSA) is 25.2 Å². The summed E-state index contributed by atoms with van der Waals surface area (Å²) in [7, 11) is 0. The lowest BCUT2D eigenvalue weighted by molar-refractivity contribution is 0.0985. The monoisotopic (exact) mass is 261 g/mol. The van der Waals surface area contributed by atoms with Gasteiger partial charge in [0.1, 0.15) is 0 Å². The van der Waals surface area contributed by atoms with Crippen LogP contribution in [0.1, 0.15) is 64.3 Å². The Labute approximate surface area is 117 Å². The fourth-order valence-electron chi connectivity index (χ4n) is 2.96. The van der Waals surface area contributed by atoms with Crippen LogP contribution in [-0.2, 0) is 0 Å². The van der Waals surface area contributed by atoms with Gasteiger partial charge in [-0.3, -0.25) is 0 Å². The molecule has 2 rings (SSSR count). The molecule has 0 spiro atoms. The van der Waals surface area contributed by atoms with Gasteiger partial charge in [0.05, 0.1) is 11.6 Å². The van der Waals surface area contributed by atoms with Crippen LogP contribution >= 0.6 is 0 Å². The molecule has 2 heteroatoms. The summed E-state index contributed by atoms with van der Waals surface area (Å²) in [5, 5.41) is 10.4. The van der Waals surface area contributed by atoms with Gasteiger partial charge in [-0.2, -0.15) is 0 Å². The van der Waals surface area contributed by atoms with Crippen molar-refractivity contribution in [1.29, 1.82) is 0 Å². The Kier molecular flexibility index (Phi) is 5.26. The van der Waals surface area contributed by atoms with Gasteiger partial charge in [0.25, 0.3) is 0 Å². The second-order valence-corrected chi connectivity index (χ2v) is 5.86. The zero-order valence-corrected chi connectivity index (χ0v) is 12.1. The predicted molar refractivity (Wildman–Crippen MR) is 80.2 cm³/mol. The Hall–Kier alpha value is -1.02. The van der Waals surface area contributed by atoms with E-state index in [1.807, 2.05) is 0 Å². The van der Waals surface area contributed by atoms with Crippen LogP contribution in [0.25, 0.3) is 0 Å². The van der Waals surface area contributed by atoms with Crippen molar-refractivity contribution in [2.75, 3.05) is 0 Å². The molecule has 0 aliphatic heterocycles. The molecule has 1 fully saturated rings. The van der Waals surface area contributed by atoms with Crippen molar-refractivity contribution in [1.82, 2.24) is 4.57 Å². The Balaban J connectivity index is 1.98. The first-order valence-corrected chi connectivity index (χ1v) is 7.78. The maximum absolute atomic E-state index is 10.4. The van der Waals surface area contributed by atoms with Gasteiger partial charge in [0, 0.05) is 12.4 Å². The van der Waals surface area contributed by atoms with Crippen molar-refractivity contribution in [2.24, 2.45) is 0 Å². The average molecular weight is 261 g/mol. The van der Waals surface area contributed by atoms with E-state index in [4.69, 9.17) is 0 Å². The van der Waals surface area contributed by atoms with E-state index >= 15 is 0 Å². The lowest BCUT2D eigenvalue weighted by Gasteiger charge is -2.20. The summed E-state index contributed by atoms with van der Waals surface area (Å²) in [5.41, 5.74) is -0.532. The largest absolute Gasteiger partial charge is 0.386 e. The van der Waals surface area contributed by atoms with Gasteiger partial charge >= 0.3 is 0 Å². The summed E-state index contributed by atoms with van der Waals surface area (Å²) in [6, 6.07) is 4.54. The van der Waals surface area contributed by atoms with E-state index in [-0.39, 0.29) is 0 Å². The molecule has 1 unspecified atom stereocenters. The highest BCUT2D eigenvalue weighted by Crippen LogP contribution is 2.31. The Morgan fingerprint density at radius 3 is 2.53 bits per heavy atom. The van der Waals surface area contributed by atoms with Gasteiger partial charge in [-0.15, -0.1) is 0 Å². The van der Waals surface area contributed by atoms with Crippen molar-refractivity contribution >= 4 is 0 Å². The number of aromatic nitrogens is 1. The minimum absolute atomic E-state index is 0.395. The molecule has 1 N–H and O–H groups in total. The lowest BCUT2D eigenvalue weighted by atomic mass is 9.99. The highest BCUT2D eigenvalue weighted by atomic mass is 16.3. The number of nitrogens with zero attached hydrogens (tertiary/aromatic N) is 1. The molecule has 1 aromatic heterocycles. The summed E-state index contributed by atoms with van der Waals surface area (Å²) in [6.45, 7) is 2.24. The number of allylic oxidation sites excluding steroid dienone is 1. The zero-order chi connectivity index (χ0) is 13.6. The van der Waals surface area contributed by atoms with Crippen LogP contribution in [0.4, 0.5) is 0 Å². The molecule has 1 aliphatic carbocycles. The molecule has 0 amide bonds. The number of rotatable bonds is 7. The molecular weight excluding hydrogens is 234 g/mol. The van der Waals surface area contributed by atoms with Crippen molar-refractivity contribution < 1.29 is 5.11 Å². The normalized spacial score (nSPS) is 20.1. The molecule has 0 saturated heterocycles. The smallest absolute Gasteiger partial charge is 0.0828 e. The van der Waals surface area contributed by atoms with E-state index in [1.54, 1.807) is 0 Å². The van der Waals surface area contributed by atoms with Crippen LogP contribution in [0.2, 0.25) is 0 Å². The fourth-order valence-corrected chi connectivity index (χ4v) is 2.96. The number of unbranched alkanes of at least 4 members (excludes halogenated alkanes) is 2. The number of aliphatic hydroxyl groups is 1. The maximum atomic E-state index is 10.4. The third-order valence-electron chi connectivity index (χ3n) is 4.21. The van der Waals surface area contributed by atoms with E-state index < -0.39 is 5.60 Å². The molecule has 1 aliphatic rings. The second kappa shape index (κ2) is 6.95. The van der Waals surface area contributed by atoms with E-state index in [0.29, 0.717) is 6.04 Å². The summed E-state index contributed by atoms with van der Waals surface area (Å²) in [4.78, 5) is 0. The Morgan fingerprint density at radius 1 is 1.21 bits per heavy atom. The molecule has 1 saturated carbocycles. The van der Waals surface area contributed by atoms with Gasteiger partial charge in [0.15, 0.2) is 0 Å². The molecule has 1 heterocycles. The molecule has 0 radical (unpaired) electrons. The van der Waals surface area contributed by atoms with Crippen LogP contribution < -0.4 is 0 Å².